The number of hydrogen-bond donors (Lipinski definition) is 2. The third kappa shape index (κ3) is 3.52. The van der Waals surface area contributed by atoms with Crippen LogP contribution in [0.5, 0.6) is 0 Å². The SMILES string of the molecule is Cc1cc(N)ccc1NCCCCn1ccnc1. The highest BCUT2D eigenvalue weighted by atomic mass is 15.0. The maximum absolute atomic E-state index is 5.72. The number of nitrogen functional groups attached to an aromatic ring is 1. The summed E-state index contributed by atoms with van der Waals surface area (Å²) in [5, 5.41) is 3.44. The van der Waals surface area contributed by atoms with Crippen LogP contribution in [0.4, 0.5) is 11.4 Å². The molecule has 3 N–H and O–H groups in total. The number of rotatable bonds is 6. The molecule has 1 aromatic carbocycles. The minimum atomic E-state index is 0.818. The van der Waals surface area contributed by atoms with Gasteiger partial charge in [0.2, 0.25) is 0 Å². The standard InChI is InChI=1S/C14H20N4/c1-12-10-13(15)4-5-14(12)17-6-2-3-8-18-9-7-16-11-18/h4-5,7,9-11,17H,2-3,6,8,15H2,1H3. The number of aryl methyl sites for hydroxylation is 2. The van der Waals surface area contributed by atoms with Gasteiger partial charge in [-0.05, 0) is 43.5 Å². The molecule has 0 aliphatic heterocycles. The molecule has 1 heterocycles. The Morgan fingerprint density at radius 3 is 2.94 bits per heavy atom. The fraction of sp³-hybridized carbons (Fsp3) is 0.357. The molecule has 2 rings (SSSR count). The van der Waals surface area contributed by atoms with Crippen molar-refractivity contribution in [2.24, 2.45) is 0 Å². The molecule has 0 amide bonds. The van der Waals surface area contributed by atoms with Crippen molar-refractivity contribution in [3.8, 4) is 0 Å². The number of benzene rings is 1. The lowest BCUT2D eigenvalue weighted by atomic mass is 10.1. The Bertz CT molecular complexity index is 477. The summed E-state index contributed by atoms with van der Waals surface area (Å²) in [4.78, 5) is 4.02. The Balaban J connectivity index is 1.69. The van der Waals surface area contributed by atoms with E-state index in [0.717, 1.165) is 31.6 Å². The topological polar surface area (TPSA) is 55.9 Å². The second kappa shape index (κ2) is 6.10. The van der Waals surface area contributed by atoms with Crippen LogP contribution < -0.4 is 11.1 Å². The summed E-state index contributed by atoms with van der Waals surface area (Å²) >= 11 is 0. The average Bonchev–Trinajstić information content (AvgIpc) is 2.84. The molecule has 0 aliphatic rings. The summed E-state index contributed by atoms with van der Waals surface area (Å²) in [7, 11) is 0. The summed E-state index contributed by atoms with van der Waals surface area (Å²) in [6.07, 6.45) is 7.96. The number of unbranched alkanes of at least 4 members (excludes halogenated alkanes) is 1. The molecule has 0 radical (unpaired) electrons. The van der Waals surface area contributed by atoms with Crippen molar-refractivity contribution in [1.29, 1.82) is 0 Å². The molecule has 18 heavy (non-hydrogen) atoms. The van der Waals surface area contributed by atoms with Crippen LogP contribution in [0.25, 0.3) is 0 Å². The van der Waals surface area contributed by atoms with E-state index in [2.05, 4.69) is 21.8 Å². The van der Waals surface area contributed by atoms with Crippen molar-refractivity contribution in [1.82, 2.24) is 9.55 Å². The highest BCUT2D eigenvalue weighted by Crippen LogP contribution is 2.17. The van der Waals surface area contributed by atoms with Crippen molar-refractivity contribution >= 4 is 11.4 Å². The van der Waals surface area contributed by atoms with Crippen molar-refractivity contribution in [3.05, 3.63) is 42.5 Å². The highest BCUT2D eigenvalue weighted by Gasteiger charge is 1.97. The number of nitrogens with one attached hydrogen (secondary N) is 1. The Labute approximate surface area is 108 Å². The van der Waals surface area contributed by atoms with E-state index in [9.17, 15) is 0 Å². The number of aromatic nitrogens is 2. The third-order valence-corrected chi connectivity index (χ3v) is 2.97. The van der Waals surface area contributed by atoms with Gasteiger partial charge >= 0.3 is 0 Å². The van der Waals surface area contributed by atoms with E-state index in [0.29, 0.717) is 0 Å². The van der Waals surface area contributed by atoms with Crippen LogP contribution in [0.3, 0.4) is 0 Å². The molecule has 0 unspecified atom stereocenters. The molecule has 0 bridgehead atoms. The number of nitrogens with two attached hydrogens (primary N) is 1. The largest absolute Gasteiger partial charge is 0.399 e. The number of anilines is 2. The van der Waals surface area contributed by atoms with Crippen LogP contribution in [-0.2, 0) is 6.54 Å². The van der Waals surface area contributed by atoms with Gasteiger partial charge in [-0.3, -0.25) is 0 Å². The Morgan fingerprint density at radius 2 is 2.22 bits per heavy atom. The van der Waals surface area contributed by atoms with Crippen molar-refractivity contribution in [2.45, 2.75) is 26.3 Å². The normalized spacial score (nSPS) is 10.5. The Hall–Kier alpha value is -1.97. The molecule has 2 aromatic rings. The van der Waals surface area contributed by atoms with E-state index in [4.69, 9.17) is 5.73 Å². The average molecular weight is 244 g/mol. The fourth-order valence-electron chi connectivity index (χ4n) is 1.95. The van der Waals surface area contributed by atoms with Gasteiger partial charge in [-0.2, -0.15) is 0 Å². The highest BCUT2D eigenvalue weighted by molar-refractivity contribution is 5.57. The molecule has 0 spiro atoms. The van der Waals surface area contributed by atoms with Gasteiger partial charge in [0.1, 0.15) is 0 Å². The van der Waals surface area contributed by atoms with Gasteiger partial charge < -0.3 is 15.6 Å². The lowest BCUT2D eigenvalue weighted by molar-refractivity contribution is 0.621. The van der Waals surface area contributed by atoms with E-state index < -0.39 is 0 Å². The van der Waals surface area contributed by atoms with Crippen LogP contribution >= 0.6 is 0 Å². The van der Waals surface area contributed by atoms with E-state index in [1.165, 1.54) is 11.3 Å². The summed E-state index contributed by atoms with van der Waals surface area (Å²) < 4.78 is 2.11. The number of imidazole rings is 1. The summed E-state index contributed by atoms with van der Waals surface area (Å²) in [5.41, 5.74) is 8.91. The zero-order valence-corrected chi connectivity index (χ0v) is 10.8. The predicted octanol–water partition coefficient (Wildman–Crippen LogP) is 2.67. The third-order valence-electron chi connectivity index (χ3n) is 2.97. The minimum absolute atomic E-state index is 0.818. The lowest BCUT2D eigenvalue weighted by Gasteiger charge is -2.10. The first kappa shape index (κ1) is 12.5. The second-order valence-corrected chi connectivity index (χ2v) is 4.51. The van der Waals surface area contributed by atoms with Gasteiger partial charge in [0.05, 0.1) is 6.33 Å². The van der Waals surface area contributed by atoms with E-state index in [-0.39, 0.29) is 0 Å². The predicted molar refractivity (Wildman–Crippen MR) is 75.5 cm³/mol. The smallest absolute Gasteiger partial charge is 0.0945 e. The maximum atomic E-state index is 5.72. The second-order valence-electron chi connectivity index (χ2n) is 4.51. The van der Waals surface area contributed by atoms with Crippen LogP contribution in [0.1, 0.15) is 18.4 Å². The zero-order chi connectivity index (χ0) is 12.8. The number of nitrogens with zero attached hydrogens (tertiary/aromatic N) is 2. The molecule has 1 aromatic heterocycles. The summed E-state index contributed by atoms with van der Waals surface area (Å²) in [5.74, 6) is 0. The first-order valence-electron chi connectivity index (χ1n) is 6.31. The van der Waals surface area contributed by atoms with Crippen LogP contribution in [0.2, 0.25) is 0 Å². The molecular formula is C14H20N4. The zero-order valence-electron chi connectivity index (χ0n) is 10.8. The van der Waals surface area contributed by atoms with Gasteiger partial charge in [0.15, 0.2) is 0 Å². The van der Waals surface area contributed by atoms with Gasteiger partial charge in [-0.25, -0.2) is 4.98 Å². The molecule has 4 heteroatoms. The fourth-order valence-corrected chi connectivity index (χ4v) is 1.95. The monoisotopic (exact) mass is 244 g/mol. The van der Waals surface area contributed by atoms with Gasteiger partial charge in [-0.15, -0.1) is 0 Å². The van der Waals surface area contributed by atoms with Crippen LogP contribution in [0.15, 0.2) is 36.9 Å². The summed E-state index contributed by atoms with van der Waals surface area (Å²) in [6, 6.07) is 5.97. The van der Waals surface area contributed by atoms with Gasteiger partial charge in [0.25, 0.3) is 0 Å². The van der Waals surface area contributed by atoms with Crippen LogP contribution in [-0.4, -0.2) is 16.1 Å². The van der Waals surface area contributed by atoms with Gasteiger partial charge in [0, 0.05) is 36.9 Å². The lowest BCUT2D eigenvalue weighted by Crippen LogP contribution is -2.05. The molecule has 0 atom stereocenters. The Kier molecular flexibility index (Phi) is 4.23. The Morgan fingerprint density at radius 1 is 1.33 bits per heavy atom. The van der Waals surface area contributed by atoms with Crippen molar-refractivity contribution < 1.29 is 0 Å². The van der Waals surface area contributed by atoms with E-state index in [1.54, 1.807) is 0 Å². The van der Waals surface area contributed by atoms with Crippen molar-refractivity contribution in [2.75, 3.05) is 17.6 Å². The van der Waals surface area contributed by atoms with E-state index in [1.807, 2.05) is 36.9 Å². The minimum Gasteiger partial charge on any atom is -0.399 e. The molecular weight excluding hydrogens is 224 g/mol. The molecule has 0 aliphatic carbocycles. The molecule has 96 valence electrons. The number of hydrogen-bond acceptors (Lipinski definition) is 3. The molecule has 0 saturated carbocycles. The molecule has 0 saturated heterocycles. The van der Waals surface area contributed by atoms with Crippen LogP contribution in [0, 0.1) is 6.92 Å². The first-order valence-corrected chi connectivity index (χ1v) is 6.31. The maximum Gasteiger partial charge on any atom is 0.0945 e. The van der Waals surface area contributed by atoms with Gasteiger partial charge in [-0.1, -0.05) is 0 Å². The first-order chi connectivity index (χ1) is 8.75. The van der Waals surface area contributed by atoms with Crippen molar-refractivity contribution in [3.63, 3.8) is 0 Å². The molecule has 4 nitrogen and oxygen atoms in total. The van der Waals surface area contributed by atoms with E-state index >= 15 is 0 Å². The quantitative estimate of drug-likeness (QED) is 0.606. The summed E-state index contributed by atoms with van der Waals surface area (Å²) in [6.45, 7) is 4.09. The molecule has 0 fully saturated rings.